The summed E-state index contributed by atoms with van der Waals surface area (Å²) in [7, 11) is 0. The van der Waals surface area contributed by atoms with Crippen LogP contribution in [0.15, 0.2) is 22.7 Å². The lowest BCUT2D eigenvalue weighted by atomic mass is 10.1. The number of hydrogen-bond donors (Lipinski definition) is 0. The number of halogens is 1. The second-order valence-electron chi connectivity index (χ2n) is 8.67. The second-order valence-corrected chi connectivity index (χ2v) is 9.59. The lowest BCUT2D eigenvalue weighted by Gasteiger charge is -2.41. The summed E-state index contributed by atoms with van der Waals surface area (Å²) in [5.74, 6) is 0. The van der Waals surface area contributed by atoms with Crippen molar-refractivity contribution in [1.29, 1.82) is 0 Å². The van der Waals surface area contributed by atoms with Crippen molar-refractivity contribution in [3.8, 4) is 0 Å². The number of amides is 1. The molecular weight excluding hydrogens is 422 g/mol. The highest BCUT2D eigenvalue weighted by Crippen LogP contribution is 2.27. The van der Waals surface area contributed by atoms with Gasteiger partial charge in [0.05, 0.1) is 13.2 Å². The predicted molar refractivity (Wildman–Crippen MR) is 115 cm³/mol. The number of anilines is 1. The van der Waals surface area contributed by atoms with Crippen molar-refractivity contribution in [2.75, 3.05) is 50.8 Å². The van der Waals surface area contributed by atoms with Crippen LogP contribution in [0.5, 0.6) is 0 Å². The summed E-state index contributed by atoms with van der Waals surface area (Å²) in [6, 6.07) is 6.74. The molecule has 1 unspecified atom stereocenters. The number of rotatable bonds is 3. The molecule has 0 aromatic heterocycles. The summed E-state index contributed by atoms with van der Waals surface area (Å²) in [4.78, 5) is 19.1. The van der Waals surface area contributed by atoms with Crippen molar-refractivity contribution < 1.29 is 14.3 Å². The molecule has 2 aliphatic rings. The highest BCUT2D eigenvalue weighted by molar-refractivity contribution is 9.10. The minimum Gasteiger partial charge on any atom is -0.444 e. The van der Waals surface area contributed by atoms with Gasteiger partial charge in [0.1, 0.15) is 5.60 Å². The van der Waals surface area contributed by atoms with E-state index in [0.717, 1.165) is 50.4 Å². The van der Waals surface area contributed by atoms with Crippen molar-refractivity contribution in [3.63, 3.8) is 0 Å². The molecule has 3 rings (SSSR count). The first-order valence-corrected chi connectivity index (χ1v) is 10.8. The lowest BCUT2D eigenvalue weighted by molar-refractivity contribution is 0.0159. The average molecular weight is 454 g/mol. The first kappa shape index (κ1) is 21.4. The first-order chi connectivity index (χ1) is 13.2. The third kappa shape index (κ3) is 5.84. The van der Waals surface area contributed by atoms with Gasteiger partial charge in [-0.25, -0.2) is 4.79 Å². The van der Waals surface area contributed by atoms with Gasteiger partial charge in [0.15, 0.2) is 0 Å². The molecule has 1 atom stereocenters. The predicted octanol–water partition coefficient (Wildman–Crippen LogP) is 3.73. The van der Waals surface area contributed by atoms with Gasteiger partial charge in [0, 0.05) is 55.5 Å². The second kappa shape index (κ2) is 9.01. The third-order valence-corrected chi connectivity index (χ3v) is 5.53. The quantitative estimate of drug-likeness (QED) is 0.697. The molecule has 0 aliphatic carbocycles. The molecule has 2 heterocycles. The van der Waals surface area contributed by atoms with Gasteiger partial charge >= 0.3 is 6.09 Å². The molecule has 2 aliphatic heterocycles. The largest absolute Gasteiger partial charge is 0.444 e. The number of morpholine rings is 1. The van der Waals surface area contributed by atoms with Crippen molar-refractivity contribution in [2.24, 2.45) is 0 Å². The van der Waals surface area contributed by atoms with Crippen LogP contribution in [0.4, 0.5) is 10.5 Å². The highest BCUT2D eigenvalue weighted by atomic mass is 79.9. The van der Waals surface area contributed by atoms with Gasteiger partial charge in [-0.3, -0.25) is 4.90 Å². The first-order valence-electron chi connectivity index (χ1n) is 10.1. The summed E-state index contributed by atoms with van der Waals surface area (Å²) in [5.41, 5.74) is 2.04. The fourth-order valence-electron chi connectivity index (χ4n) is 3.71. The number of carbonyl (C=O) groups excluding carboxylic acids is 1. The van der Waals surface area contributed by atoms with E-state index in [1.807, 2.05) is 25.7 Å². The molecular formula is C21H32BrN3O3. The van der Waals surface area contributed by atoms with E-state index in [1.165, 1.54) is 11.3 Å². The van der Waals surface area contributed by atoms with Crippen LogP contribution in [0.25, 0.3) is 0 Å². The van der Waals surface area contributed by atoms with E-state index in [2.05, 4.69) is 50.9 Å². The Balaban J connectivity index is 1.65. The van der Waals surface area contributed by atoms with Gasteiger partial charge < -0.3 is 19.3 Å². The maximum Gasteiger partial charge on any atom is 0.410 e. The van der Waals surface area contributed by atoms with Crippen LogP contribution < -0.4 is 4.90 Å². The Labute approximate surface area is 176 Å². The molecule has 0 spiro atoms. The zero-order chi connectivity index (χ0) is 20.3. The van der Waals surface area contributed by atoms with E-state index in [1.54, 1.807) is 0 Å². The number of hydrogen-bond acceptors (Lipinski definition) is 5. The van der Waals surface area contributed by atoms with Gasteiger partial charge in [0.2, 0.25) is 0 Å². The molecule has 0 N–H and O–H groups in total. The maximum atomic E-state index is 12.5. The van der Waals surface area contributed by atoms with Crippen molar-refractivity contribution >= 4 is 27.7 Å². The van der Waals surface area contributed by atoms with E-state index in [-0.39, 0.29) is 12.1 Å². The molecule has 6 nitrogen and oxygen atoms in total. The molecule has 0 saturated carbocycles. The van der Waals surface area contributed by atoms with Crippen LogP contribution in [0.2, 0.25) is 0 Å². The van der Waals surface area contributed by atoms with Gasteiger partial charge in [-0.15, -0.1) is 0 Å². The number of ether oxygens (including phenoxy) is 2. The fourth-order valence-corrected chi connectivity index (χ4v) is 4.24. The van der Waals surface area contributed by atoms with Crippen molar-refractivity contribution in [2.45, 2.75) is 45.9 Å². The number of benzene rings is 1. The Bertz CT molecular complexity index is 686. The number of piperazine rings is 1. The maximum absolute atomic E-state index is 12.5. The molecule has 2 saturated heterocycles. The monoisotopic (exact) mass is 453 g/mol. The summed E-state index contributed by atoms with van der Waals surface area (Å²) < 4.78 is 12.1. The summed E-state index contributed by atoms with van der Waals surface area (Å²) in [6.07, 6.45) is -0.220. The van der Waals surface area contributed by atoms with Gasteiger partial charge in [0.25, 0.3) is 0 Å². The average Bonchev–Trinajstić information content (AvgIpc) is 2.60. The van der Waals surface area contributed by atoms with Crippen molar-refractivity contribution in [3.05, 3.63) is 28.2 Å². The van der Waals surface area contributed by atoms with E-state index >= 15 is 0 Å². The van der Waals surface area contributed by atoms with Crippen LogP contribution in [0.1, 0.15) is 33.3 Å². The summed E-state index contributed by atoms with van der Waals surface area (Å²) >= 11 is 3.67. The Morgan fingerprint density at radius 1 is 1.18 bits per heavy atom. The van der Waals surface area contributed by atoms with Crippen molar-refractivity contribution in [1.82, 2.24) is 9.80 Å². The molecule has 0 bridgehead atoms. The molecule has 7 heteroatoms. The van der Waals surface area contributed by atoms with Gasteiger partial charge in [-0.1, -0.05) is 15.9 Å². The summed E-state index contributed by atoms with van der Waals surface area (Å²) in [6.45, 7) is 14.6. The Morgan fingerprint density at radius 2 is 1.89 bits per heavy atom. The Morgan fingerprint density at radius 3 is 2.54 bits per heavy atom. The standard InChI is InChI=1S/C21H32BrN3O3/c1-16-14-24(5-6-25(16)20(26)28-21(2,3)4)19-12-17(11-18(22)13-19)15-23-7-9-27-10-8-23/h11-13,16H,5-10,14-15H2,1-4H3. The van der Waals surface area contributed by atoms with E-state index in [0.29, 0.717) is 6.54 Å². The van der Waals surface area contributed by atoms with Crippen LogP contribution >= 0.6 is 15.9 Å². The van der Waals surface area contributed by atoms with Crippen LogP contribution in [0, 0.1) is 0 Å². The third-order valence-electron chi connectivity index (χ3n) is 5.07. The zero-order valence-corrected chi connectivity index (χ0v) is 19.0. The zero-order valence-electron chi connectivity index (χ0n) is 17.4. The van der Waals surface area contributed by atoms with E-state index in [9.17, 15) is 4.79 Å². The minimum absolute atomic E-state index is 0.102. The topological polar surface area (TPSA) is 45.2 Å². The molecule has 2 fully saturated rings. The molecule has 1 aromatic carbocycles. The van der Waals surface area contributed by atoms with E-state index < -0.39 is 5.60 Å². The van der Waals surface area contributed by atoms with Crippen LogP contribution in [-0.2, 0) is 16.0 Å². The molecule has 156 valence electrons. The smallest absolute Gasteiger partial charge is 0.410 e. The fraction of sp³-hybridized carbons (Fsp3) is 0.667. The van der Waals surface area contributed by atoms with Crippen LogP contribution in [0.3, 0.4) is 0 Å². The van der Waals surface area contributed by atoms with Gasteiger partial charge in [-0.05, 0) is 51.5 Å². The number of nitrogens with zero attached hydrogens (tertiary/aromatic N) is 3. The minimum atomic E-state index is -0.466. The molecule has 0 radical (unpaired) electrons. The normalized spacial score (nSPS) is 21.7. The highest BCUT2D eigenvalue weighted by Gasteiger charge is 2.31. The summed E-state index contributed by atoms with van der Waals surface area (Å²) in [5, 5.41) is 0. The van der Waals surface area contributed by atoms with E-state index in [4.69, 9.17) is 9.47 Å². The number of carbonyl (C=O) groups is 1. The molecule has 28 heavy (non-hydrogen) atoms. The van der Waals surface area contributed by atoms with Crippen LogP contribution in [-0.4, -0.2) is 73.5 Å². The SMILES string of the molecule is CC1CN(c2cc(Br)cc(CN3CCOCC3)c2)CCN1C(=O)OC(C)(C)C. The Hall–Kier alpha value is -1.31. The van der Waals surface area contributed by atoms with Gasteiger partial charge in [-0.2, -0.15) is 0 Å². The molecule has 1 aromatic rings. The Kier molecular flexibility index (Phi) is 6.89. The lowest BCUT2D eigenvalue weighted by Crippen LogP contribution is -2.55. The molecule has 1 amide bonds.